The Kier molecular flexibility index (Phi) is 9.16. The van der Waals surface area contributed by atoms with Gasteiger partial charge in [-0.3, -0.25) is 4.79 Å². The Labute approximate surface area is 92.0 Å². The topological polar surface area (TPSA) is 26.3 Å². The van der Waals surface area contributed by atoms with Crippen LogP contribution in [0.2, 0.25) is 0 Å². The molecule has 0 saturated heterocycles. The van der Waals surface area contributed by atoms with Crippen LogP contribution in [0.3, 0.4) is 0 Å². The van der Waals surface area contributed by atoms with Crippen LogP contribution in [0.4, 0.5) is 0 Å². The molecule has 0 heterocycles. The van der Waals surface area contributed by atoms with Gasteiger partial charge in [0.1, 0.15) is 6.61 Å². The Morgan fingerprint density at radius 3 is 2.50 bits per heavy atom. The first-order chi connectivity index (χ1) is 6.66. The summed E-state index contributed by atoms with van der Waals surface area (Å²) < 4.78 is 4.81. The van der Waals surface area contributed by atoms with Gasteiger partial charge in [0.15, 0.2) is 0 Å². The first-order valence-corrected chi connectivity index (χ1v) is 5.88. The van der Waals surface area contributed by atoms with E-state index in [2.05, 4.69) is 6.92 Å². The summed E-state index contributed by atoms with van der Waals surface area (Å²) in [7, 11) is 0. The molecule has 0 bridgehead atoms. The van der Waals surface area contributed by atoms with Crippen molar-refractivity contribution in [1.29, 1.82) is 0 Å². The largest absolute Gasteiger partial charge is 0.464 e. The fraction of sp³-hybridized carbons (Fsp3) is 0.909. The van der Waals surface area contributed by atoms with Crippen molar-refractivity contribution < 1.29 is 9.53 Å². The average Bonchev–Trinajstić information content (AvgIpc) is 2.14. The second kappa shape index (κ2) is 9.32. The van der Waals surface area contributed by atoms with Gasteiger partial charge in [-0.1, -0.05) is 39.0 Å². The number of carbonyl (C=O) groups is 1. The average molecular weight is 221 g/mol. The number of halogens is 1. The van der Waals surface area contributed by atoms with Crippen molar-refractivity contribution in [1.82, 2.24) is 0 Å². The minimum atomic E-state index is -0.248. The van der Waals surface area contributed by atoms with E-state index in [9.17, 15) is 4.79 Å². The highest BCUT2D eigenvalue weighted by atomic mass is 35.5. The summed E-state index contributed by atoms with van der Waals surface area (Å²) in [5, 5.41) is -0.0134. The molecule has 0 aromatic rings. The van der Waals surface area contributed by atoms with Crippen LogP contribution in [0.1, 0.15) is 52.4 Å². The zero-order valence-electron chi connectivity index (χ0n) is 9.22. The van der Waals surface area contributed by atoms with E-state index < -0.39 is 0 Å². The van der Waals surface area contributed by atoms with Crippen LogP contribution in [0.15, 0.2) is 0 Å². The van der Waals surface area contributed by atoms with Crippen molar-refractivity contribution in [2.45, 2.75) is 57.7 Å². The minimum Gasteiger partial charge on any atom is -0.464 e. The number of hydrogen-bond acceptors (Lipinski definition) is 2. The van der Waals surface area contributed by atoms with Crippen LogP contribution in [0.25, 0.3) is 0 Å². The van der Waals surface area contributed by atoms with Crippen LogP contribution in [-0.2, 0) is 9.53 Å². The van der Waals surface area contributed by atoms with Crippen LogP contribution in [-0.4, -0.2) is 18.0 Å². The number of carbonyl (C=O) groups excluding carboxylic acids is 1. The van der Waals surface area contributed by atoms with Gasteiger partial charge in [0.25, 0.3) is 0 Å². The maximum absolute atomic E-state index is 10.5. The molecular formula is C11H21ClO2. The molecule has 0 aliphatic heterocycles. The van der Waals surface area contributed by atoms with Gasteiger partial charge in [0.2, 0.25) is 0 Å². The van der Waals surface area contributed by atoms with E-state index in [1.54, 1.807) is 0 Å². The highest BCUT2D eigenvalue weighted by molar-refractivity contribution is 6.20. The highest BCUT2D eigenvalue weighted by Gasteiger charge is 2.05. The molecule has 0 aliphatic carbocycles. The van der Waals surface area contributed by atoms with E-state index in [1.807, 2.05) is 0 Å². The van der Waals surface area contributed by atoms with Gasteiger partial charge in [-0.05, 0) is 6.42 Å². The molecule has 2 nitrogen and oxygen atoms in total. The Morgan fingerprint density at radius 2 is 1.93 bits per heavy atom. The maximum Gasteiger partial charge on any atom is 0.302 e. The first kappa shape index (κ1) is 13.8. The fourth-order valence-electron chi connectivity index (χ4n) is 1.26. The molecule has 0 saturated carbocycles. The van der Waals surface area contributed by atoms with Crippen LogP contribution < -0.4 is 0 Å². The Hall–Kier alpha value is -0.240. The second-order valence-electron chi connectivity index (χ2n) is 3.60. The molecule has 0 aromatic carbocycles. The van der Waals surface area contributed by atoms with Crippen molar-refractivity contribution in [2.75, 3.05) is 6.61 Å². The zero-order valence-corrected chi connectivity index (χ0v) is 9.98. The summed E-state index contributed by atoms with van der Waals surface area (Å²) in [6.45, 7) is 3.96. The number of unbranched alkanes of at least 4 members (excludes halogenated alkanes) is 4. The standard InChI is InChI=1S/C11H21ClO2/c1-3-4-5-6-7-8-11(12)9-14-10(2)13/h11H,3-9H2,1-2H3. The van der Waals surface area contributed by atoms with Crippen LogP contribution in [0.5, 0.6) is 0 Å². The number of esters is 1. The quantitative estimate of drug-likeness (QED) is 0.356. The first-order valence-electron chi connectivity index (χ1n) is 5.44. The number of hydrogen-bond donors (Lipinski definition) is 0. The molecular weight excluding hydrogens is 200 g/mol. The van der Waals surface area contributed by atoms with E-state index in [0.717, 1.165) is 12.8 Å². The lowest BCUT2D eigenvalue weighted by Gasteiger charge is -2.08. The summed E-state index contributed by atoms with van der Waals surface area (Å²) >= 11 is 5.96. The van der Waals surface area contributed by atoms with E-state index in [0.29, 0.717) is 6.61 Å². The third kappa shape index (κ3) is 9.85. The summed E-state index contributed by atoms with van der Waals surface area (Å²) in [6.07, 6.45) is 7.16. The fourth-order valence-corrected chi connectivity index (χ4v) is 1.48. The Balaban J connectivity index is 3.18. The van der Waals surface area contributed by atoms with Crippen molar-refractivity contribution in [3.63, 3.8) is 0 Å². The monoisotopic (exact) mass is 220 g/mol. The SMILES string of the molecule is CCCCCCCC(Cl)COC(C)=O. The summed E-state index contributed by atoms with van der Waals surface area (Å²) in [4.78, 5) is 10.5. The predicted octanol–water partition coefficient (Wildman–Crippen LogP) is 3.52. The lowest BCUT2D eigenvalue weighted by atomic mass is 10.1. The Morgan fingerprint density at radius 1 is 1.29 bits per heavy atom. The third-order valence-corrected chi connectivity index (χ3v) is 2.43. The van der Waals surface area contributed by atoms with Crippen molar-refractivity contribution in [2.24, 2.45) is 0 Å². The summed E-state index contributed by atoms with van der Waals surface area (Å²) in [6, 6.07) is 0. The van der Waals surface area contributed by atoms with Gasteiger partial charge in [-0.25, -0.2) is 0 Å². The molecule has 0 aliphatic rings. The smallest absolute Gasteiger partial charge is 0.302 e. The molecule has 1 unspecified atom stereocenters. The summed E-state index contributed by atoms with van der Waals surface area (Å²) in [5.41, 5.74) is 0. The summed E-state index contributed by atoms with van der Waals surface area (Å²) in [5.74, 6) is -0.248. The highest BCUT2D eigenvalue weighted by Crippen LogP contribution is 2.11. The molecule has 0 N–H and O–H groups in total. The third-order valence-electron chi connectivity index (χ3n) is 2.09. The van der Waals surface area contributed by atoms with Gasteiger partial charge in [-0.2, -0.15) is 0 Å². The van der Waals surface area contributed by atoms with E-state index in [-0.39, 0.29) is 11.3 Å². The van der Waals surface area contributed by atoms with Gasteiger partial charge in [0, 0.05) is 6.92 Å². The van der Waals surface area contributed by atoms with Gasteiger partial charge in [-0.15, -0.1) is 11.6 Å². The molecule has 1 atom stereocenters. The zero-order chi connectivity index (χ0) is 10.8. The molecule has 0 spiro atoms. The Bertz CT molecular complexity index is 148. The van der Waals surface area contributed by atoms with Crippen molar-refractivity contribution in [3.05, 3.63) is 0 Å². The number of ether oxygens (including phenoxy) is 1. The predicted molar refractivity (Wildman–Crippen MR) is 59.7 cm³/mol. The lowest BCUT2D eigenvalue weighted by molar-refractivity contribution is -0.140. The van der Waals surface area contributed by atoms with Gasteiger partial charge < -0.3 is 4.74 Å². The van der Waals surface area contributed by atoms with Crippen LogP contribution in [0, 0.1) is 0 Å². The molecule has 84 valence electrons. The molecule has 14 heavy (non-hydrogen) atoms. The van der Waals surface area contributed by atoms with Crippen molar-refractivity contribution in [3.8, 4) is 0 Å². The van der Waals surface area contributed by atoms with E-state index in [4.69, 9.17) is 16.3 Å². The lowest BCUT2D eigenvalue weighted by Crippen LogP contribution is -2.11. The molecule has 0 fully saturated rings. The van der Waals surface area contributed by atoms with E-state index in [1.165, 1.54) is 32.6 Å². The molecule has 3 heteroatoms. The normalized spacial score (nSPS) is 12.5. The van der Waals surface area contributed by atoms with Gasteiger partial charge in [0.05, 0.1) is 5.38 Å². The second-order valence-corrected chi connectivity index (χ2v) is 4.22. The van der Waals surface area contributed by atoms with Crippen LogP contribution >= 0.6 is 11.6 Å². The molecule has 0 aromatic heterocycles. The molecule has 0 amide bonds. The molecule has 0 rings (SSSR count). The molecule has 0 radical (unpaired) electrons. The van der Waals surface area contributed by atoms with E-state index >= 15 is 0 Å². The van der Waals surface area contributed by atoms with Crippen molar-refractivity contribution >= 4 is 17.6 Å². The minimum absolute atomic E-state index is 0.0134. The maximum atomic E-state index is 10.5. The number of alkyl halides is 1. The number of rotatable bonds is 8. The van der Waals surface area contributed by atoms with Gasteiger partial charge >= 0.3 is 5.97 Å².